The predicted octanol–water partition coefficient (Wildman–Crippen LogP) is 15.4. The van der Waals surface area contributed by atoms with Gasteiger partial charge in [-0.15, -0.1) is 0 Å². The third-order valence-electron chi connectivity index (χ3n) is 13.8. The summed E-state index contributed by atoms with van der Waals surface area (Å²) in [5.41, 5.74) is 11.6. The summed E-state index contributed by atoms with van der Waals surface area (Å²) in [6.07, 6.45) is 7.99. The van der Waals surface area contributed by atoms with E-state index in [-0.39, 0.29) is 21.7 Å². The Labute approximate surface area is 398 Å². The molecule has 0 aliphatic rings. The first-order valence-electron chi connectivity index (χ1n) is 23.8. The number of benzene rings is 6. The molecule has 0 aliphatic carbocycles. The molecule has 0 saturated carbocycles. The van der Waals surface area contributed by atoms with Crippen LogP contribution in [0.5, 0.6) is 11.5 Å². The van der Waals surface area contributed by atoms with Gasteiger partial charge in [0.1, 0.15) is 17.3 Å². The van der Waals surface area contributed by atoms with E-state index in [9.17, 15) is 0 Å². The lowest BCUT2D eigenvalue weighted by Crippen LogP contribution is -2.29. The molecule has 0 amide bonds. The SMILES string of the molecule is CC(C)(C)c1cccc(-[n+]2[c-]n(-c3cc(Oc4cc(C(C)(C)c5ccccc5)c5c6ccccc6n(-c6cc(C(C)(C)C)ccn6)c5c4)cc(C(C)(C)c4ccccc4)c3)c(C(C)(C)C)c2)c1. The van der Waals surface area contributed by atoms with Gasteiger partial charge in [0, 0.05) is 40.1 Å². The van der Waals surface area contributed by atoms with Crippen molar-refractivity contribution in [2.24, 2.45) is 0 Å². The van der Waals surface area contributed by atoms with Crippen molar-refractivity contribution in [3.63, 3.8) is 0 Å². The van der Waals surface area contributed by atoms with Gasteiger partial charge in [-0.05, 0) is 104 Å². The Morgan fingerprint density at radius 1 is 0.493 bits per heavy atom. The molecular weight excluding hydrogens is 817 g/mol. The number of hydrogen-bond acceptors (Lipinski definition) is 2. The molecule has 6 aromatic carbocycles. The lowest BCUT2D eigenvalue weighted by molar-refractivity contribution is -0.599. The molecule has 0 radical (unpaired) electrons. The number of aromatic nitrogens is 4. The van der Waals surface area contributed by atoms with Gasteiger partial charge in [0.25, 0.3) is 6.33 Å². The number of pyridine rings is 1. The second kappa shape index (κ2) is 16.6. The van der Waals surface area contributed by atoms with E-state index >= 15 is 0 Å². The predicted molar refractivity (Wildman–Crippen MR) is 278 cm³/mol. The summed E-state index contributed by atoms with van der Waals surface area (Å²) in [5.74, 6) is 2.38. The highest BCUT2D eigenvalue weighted by Crippen LogP contribution is 2.45. The van der Waals surface area contributed by atoms with Crippen molar-refractivity contribution in [1.29, 1.82) is 0 Å². The zero-order valence-electron chi connectivity index (χ0n) is 41.8. The van der Waals surface area contributed by atoms with Gasteiger partial charge in [-0.2, -0.15) is 0 Å². The van der Waals surface area contributed by atoms with E-state index in [1.54, 1.807) is 0 Å². The van der Waals surface area contributed by atoms with Crippen LogP contribution in [-0.2, 0) is 27.1 Å². The highest BCUT2D eigenvalue weighted by Gasteiger charge is 2.31. The second-order valence-corrected chi connectivity index (χ2v) is 22.5. The number of nitrogens with zero attached hydrogens (tertiary/aromatic N) is 4. The lowest BCUT2D eigenvalue weighted by atomic mass is 9.76. The molecule has 5 nitrogen and oxygen atoms in total. The second-order valence-electron chi connectivity index (χ2n) is 22.5. The first-order chi connectivity index (χ1) is 31.6. The minimum Gasteiger partial charge on any atom is -0.458 e. The highest BCUT2D eigenvalue weighted by molar-refractivity contribution is 6.11. The number of imidazole rings is 1. The van der Waals surface area contributed by atoms with Crippen LogP contribution in [-0.4, -0.2) is 14.1 Å². The average molecular weight is 883 g/mol. The minimum absolute atomic E-state index is 0.0100. The van der Waals surface area contributed by atoms with Crippen molar-refractivity contribution in [2.75, 3.05) is 0 Å². The zero-order chi connectivity index (χ0) is 47.7. The van der Waals surface area contributed by atoms with E-state index in [0.29, 0.717) is 0 Å². The van der Waals surface area contributed by atoms with Crippen molar-refractivity contribution < 1.29 is 9.30 Å². The standard InChI is InChI=1S/C62H66N4O/c1-58(2,3)44-27-22-28-47(33-44)64-40-55(60(7,8)9)65(41-64)48-34-46(61(10,11)42-23-16-14-17-24-42)35-49(37-48)67-50-38-52(62(12,13)43-25-18-15-19-26-43)57-51-29-20-21-30-53(51)66(54(57)39-50)56-36-45(31-32-63-56)59(4,5)6/h14-40H,1-13H3. The molecule has 0 unspecified atom stereocenters. The van der Waals surface area contributed by atoms with E-state index in [1.165, 1.54) is 38.6 Å². The molecule has 0 atom stereocenters. The van der Waals surface area contributed by atoms with Gasteiger partial charge in [-0.3, -0.25) is 13.7 Å². The van der Waals surface area contributed by atoms with Crippen molar-refractivity contribution in [1.82, 2.24) is 14.1 Å². The van der Waals surface area contributed by atoms with E-state index in [1.807, 2.05) is 6.20 Å². The minimum atomic E-state index is -0.392. The molecule has 3 heterocycles. The van der Waals surface area contributed by atoms with Gasteiger partial charge in [0.15, 0.2) is 0 Å². The summed E-state index contributed by atoms with van der Waals surface area (Å²) in [4.78, 5) is 5.05. The molecule has 9 aromatic rings. The molecule has 0 spiro atoms. The molecule has 0 N–H and O–H groups in total. The molecular formula is C62H66N4O. The molecule has 0 fully saturated rings. The molecule has 340 valence electrons. The fraction of sp³-hybridized carbons (Fsp3) is 0.290. The first-order valence-corrected chi connectivity index (χ1v) is 23.8. The van der Waals surface area contributed by atoms with Gasteiger partial charge in [0.05, 0.1) is 28.1 Å². The van der Waals surface area contributed by atoms with Crippen LogP contribution >= 0.6 is 0 Å². The fourth-order valence-corrected chi connectivity index (χ4v) is 9.53. The van der Waals surface area contributed by atoms with E-state index in [4.69, 9.17) is 9.72 Å². The first kappa shape index (κ1) is 45.4. The fourth-order valence-electron chi connectivity index (χ4n) is 9.53. The van der Waals surface area contributed by atoms with Crippen LogP contribution in [0.4, 0.5) is 0 Å². The van der Waals surface area contributed by atoms with Crippen molar-refractivity contribution in [3.05, 3.63) is 209 Å². The third-order valence-corrected chi connectivity index (χ3v) is 13.8. The maximum absolute atomic E-state index is 7.36. The number of ether oxygens (including phenoxy) is 1. The zero-order valence-corrected chi connectivity index (χ0v) is 41.8. The smallest absolute Gasteiger partial charge is 0.269 e. The van der Waals surface area contributed by atoms with Crippen LogP contribution in [0.25, 0.3) is 39.0 Å². The van der Waals surface area contributed by atoms with Crippen LogP contribution in [0.2, 0.25) is 0 Å². The average Bonchev–Trinajstić information content (AvgIpc) is 3.90. The maximum atomic E-state index is 7.36. The molecule has 3 aromatic heterocycles. The molecule has 67 heavy (non-hydrogen) atoms. The Morgan fingerprint density at radius 3 is 1.75 bits per heavy atom. The summed E-state index contributed by atoms with van der Waals surface area (Å²) in [6, 6.07) is 54.8. The quantitative estimate of drug-likeness (QED) is 0.107. The van der Waals surface area contributed by atoms with E-state index in [2.05, 4.69) is 268 Å². The molecule has 0 aliphatic heterocycles. The van der Waals surface area contributed by atoms with Crippen molar-refractivity contribution in [2.45, 2.75) is 117 Å². The van der Waals surface area contributed by atoms with Gasteiger partial charge in [-0.25, -0.2) is 4.98 Å². The Hall–Kier alpha value is -6.72. The third kappa shape index (κ3) is 8.61. The summed E-state index contributed by atoms with van der Waals surface area (Å²) >= 11 is 0. The Morgan fingerprint density at radius 2 is 1.09 bits per heavy atom. The van der Waals surface area contributed by atoms with Gasteiger partial charge < -0.3 is 4.74 Å². The Kier molecular flexibility index (Phi) is 11.2. The Balaban J connectivity index is 1.30. The number of para-hydroxylation sites is 1. The summed E-state index contributed by atoms with van der Waals surface area (Å²) in [7, 11) is 0. The van der Waals surface area contributed by atoms with Gasteiger partial charge >= 0.3 is 0 Å². The summed E-state index contributed by atoms with van der Waals surface area (Å²) in [6.45, 7) is 29.6. The van der Waals surface area contributed by atoms with Crippen LogP contribution in [0.1, 0.15) is 129 Å². The molecule has 0 saturated heterocycles. The van der Waals surface area contributed by atoms with Crippen LogP contribution in [0, 0.1) is 6.33 Å². The van der Waals surface area contributed by atoms with Crippen molar-refractivity contribution in [3.8, 4) is 28.7 Å². The van der Waals surface area contributed by atoms with Crippen LogP contribution < -0.4 is 9.30 Å². The molecule has 5 heteroatoms. The molecule has 9 rings (SSSR count). The van der Waals surface area contributed by atoms with Gasteiger partial charge in [-0.1, -0.05) is 181 Å². The topological polar surface area (TPSA) is 35.9 Å². The largest absolute Gasteiger partial charge is 0.458 e. The van der Waals surface area contributed by atoms with E-state index in [0.717, 1.165) is 51.0 Å². The number of hydrogen-bond donors (Lipinski definition) is 0. The monoisotopic (exact) mass is 883 g/mol. The summed E-state index contributed by atoms with van der Waals surface area (Å²) in [5, 5.41) is 2.37. The Bertz CT molecular complexity index is 3250. The highest BCUT2D eigenvalue weighted by atomic mass is 16.5. The number of fused-ring (bicyclic) bond motifs is 3. The normalized spacial score (nSPS) is 12.9. The summed E-state index contributed by atoms with van der Waals surface area (Å²) < 4.78 is 14.1. The van der Waals surface area contributed by atoms with E-state index < -0.39 is 5.41 Å². The van der Waals surface area contributed by atoms with Crippen LogP contribution in [0.15, 0.2) is 164 Å². The maximum Gasteiger partial charge on any atom is 0.269 e. The molecule has 0 bridgehead atoms. The van der Waals surface area contributed by atoms with Crippen LogP contribution in [0.3, 0.4) is 0 Å². The lowest BCUT2D eigenvalue weighted by Gasteiger charge is -2.29. The number of rotatable bonds is 9. The van der Waals surface area contributed by atoms with Crippen molar-refractivity contribution >= 4 is 21.8 Å². The van der Waals surface area contributed by atoms with Gasteiger partial charge in [0.2, 0.25) is 0 Å².